The monoisotopic (exact) mass is 360 g/mol. The van der Waals surface area contributed by atoms with E-state index in [0.29, 0.717) is 25.0 Å². The molecule has 0 radical (unpaired) electrons. The predicted octanol–water partition coefficient (Wildman–Crippen LogP) is 3.50. The van der Waals surface area contributed by atoms with Gasteiger partial charge in [0.15, 0.2) is 0 Å². The summed E-state index contributed by atoms with van der Waals surface area (Å²) in [5.74, 6) is -0.682. The van der Waals surface area contributed by atoms with E-state index in [4.69, 9.17) is 4.74 Å². The maximum Gasteiger partial charge on any atom is 0.387 e. The van der Waals surface area contributed by atoms with Gasteiger partial charge in [-0.15, -0.1) is 0 Å². The molecule has 0 fully saturated rings. The predicted molar refractivity (Wildman–Crippen MR) is 93.7 cm³/mol. The smallest absolute Gasteiger partial charge is 0.387 e. The van der Waals surface area contributed by atoms with Gasteiger partial charge < -0.3 is 14.8 Å². The van der Waals surface area contributed by atoms with Crippen LogP contribution < -0.4 is 10.1 Å². The molecule has 0 aliphatic carbocycles. The van der Waals surface area contributed by atoms with Gasteiger partial charge in [0.05, 0.1) is 0 Å². The van der Waals surface area contributed by atoms with E-state index >= 15 is 0 Å². The molecule has 2 aromatic carbocycles. The van der Waals surface area contributed by atoms with Crippen molar-refractivity contribution in [1.29, 1.82) is 5.26 Å². The lowest BCUT2D eigenvalue weighted by Gasteiger charge is -2.12. The minimum Gasteiger partial charge on any atom is -0.434 e. The van der Waals surface area contributed by atoms with Gasteiger partial charge in [0.1, 0.15) is 17.4 Å². The molecule has 0 aliphatic heterocycles. The number of hydrogen-bond acceptors (Lipinski definition) is 4. The minimum absolute atomic E-state index is 0.0985. The van der Waals surface area contributed by atoms with Crippen LogP contribution in [0.3, 0.4) is 0 Å². The quantitative estimate of drug-likeness (QED) is 0.444. The second kappa shape index (κ2) is 9.49. The van der Waals surface area contributed by atoms with Crippen molar-refractivity contribution in [3.63, 3.8) is 0 Å². The third-order valence-electron chi connectivity index (χ3n) is 3.61. The van der Waals surface area contributed by atoms with Crippen LogP contribution >= 0.6 is 0 Å². The first-order chi connectivity index (χ1) is 12.6. The molecule has 5 nitrogen and oxygen atoms in total. The van der Waals surface area contributed by atoms with Crippen molar-refractivity contribution >= 4 is 22.8 Å². The van der Waals surface area contributed by atoms with Gasteiger partial charge in [0.25, 0.3) is 5.91 Å². The lowest BCUT2D eigenvalue weighted by molar-refractivity contribution is -0.117. The number of carbonyl (C=O) groups is 1. The normalized spacial score (nSPS) is 11.4. The highest BCUT2D eigenvalue weighted by atomic mass is 19.3. The molecule has 0 atom stereocenters. The van der Waals surface area contributed by atoms with Crippen LogP contribution in [0.5, 0.6) is 5.75 Å². The van der Waals surface area contributed by atoms with Crippen LogP contribution in [0.25, 0.3) is 16.8 Å². The van der Waals surface area contributed by atoms with Crippen molar-refractivity contribution in [2.75, 3.05) is 20.3 Å². The second-order valence-electron chi connectivity index (χ2n) is 5.35. The Morgan fingerprint density at radius 1 is 1.31 bits per heavy atom. The number of hydrogen-bond donors (Lipinski definition) is 1. The first-order valence-electron chi connectivity index (χ1n) is 7.92. The van der Waals surface area contributed by atoms with Crippen LogP contribution in [-0.2, 0) is 9.53 Å². The lowest BCUT2D eigenvalue weighted by atomic mass is 10.0. The number of halogens is 2. The zero-order chi connectivity index (χ0) is 18.9. The first kappa shape index (κ1) is 19.3. The summed E-state index contributed by atoms with van der Waals surface area (Å²) in [4.78, 5) is 12.2. The van der Waals surface area contributed by atoms with Crippen LogP contribution in [0.1, 0.15) is 12.0 Å². The summed E-state index contributed by atoms with van der Waals surface area (Å²) < 4.78 is 34.9. The highest BCUT2D eigenvalue weighted by molar-refractivity contribution is 6.04. The number of fused-ring (bicyclic) bond motifs is 1. The van der Waals surface area contributed by atoms with Gasteiger partial charge in [0, 0.05) is 25.8 Å². The minimum atomic E-state index is -3.02. The molecule has 0 aromatic heterocycles. The Labute approximate surface area is 149 Å². The lowest BCUT2D eigenvalue weighted by Crippen LogP contribution is -2.26. The van der Waals surface area contributed by atoms with Gasteiger partial charge in [-0.1, -0.05) is 30.3 Å². The summed E-state index contributed by atoms with van der Waals surface area (Å²) in [6, 6.07) is 11.9. The third kappa shape index (κ3) is 5.01. The number of nitrogens with one attached hydrogen (secondary N) is 1. The zero-order valence-electron chi connectivity index (χ0n) is 14.2. The summed E-state index contributed by atoms with van der Waals surface area (Å²) in [6.45, 7) is -2.21. The molecule has 1 N–H and O–H groups in total. The van der Waals surface area contributed by atoms with Crippen molar-refractivity contribution < 1.29 is 23.0 Å². The number of ether oxygens (including phenoxy) is 2. The average Bonchev–Trinajstić information content (AvgIpc) is 2.63. The van der Waals surface area contributed by atoms with Crippen LogP contribution in [0, 0.1) is 11.3 Å². The molecule has 0 bridgehead atoms. The number of carbonyl (C=O) groups excluding carboxylic acids is 1. The van der Waals surface area contributed by atoms with E-state index in [1.165, 1.54) is 12.1 Å². The number of alkyl halides is 2. The van der Waals surface area contributed by atoms with Crippen LogP contribution in [-0.4, -0.2) is 32.8 Å². The van der Waals surface area contributed by atoms with E-state index in [9.17, 15) is 18.8 Å². The Morgan fingerprint density at radius 2 is 2.08 bits per heavy atom. The van der Waals surface area contributed by atoms with E-state index in [2.05, 4.69) is 10.1 Å². The SMILES string of the molecule is COCCCNC(=O)/C(C#N)=C/c1c(OC(F)F)ccc2ccccc12. The Morgan fingerprint density at radius 3 is 2.77 bits per heavy atom. The molecule has 26 heavy (non-hydrogen) atoms. The third-order valence-corrected chi connectivity index (χ3v) is 3.61. The zero-order valence-corrected chi connectivity index (χ0v) is 14.2. The first-order valence-corrected chi connectivity index (χ1v) is 7.92. The van der Waals surface area contributed by atoms with Crippen molar-refractivity contribution in [1.82, 2.24) is 5.32 Å². The Balaban J connectivity index is 2.40. The number of nitrogens with zero attached hydrogens (tertiary/aromatic N) is 1. The molecule has 136 valence electrons. The van der Waals surface area contributed by atoms with Gasteiger partial charge in [-0.05, 0) is 29.3 Å². The standard InChI is InChI=1S/C19H18F2N2O3/c1-25-10-4-9-23-18(24)14(12-22)11-16-15-6-3-2-5-13(15)7-8-17(16)26-19(20)21/h2-3,5-8,11,19H,4,9-10H2,1H3,(H,23,24)/b14-11+. The molecule has 2 rings (SSSR count). The van der Waals surface area contributed by atoms with Crippen LogP contribution in [0.2, 0.25) is 0 Å². The maximum atomic E-state index is 12.7. The van der Waals surface area contributed by atoms with Gasteiger partial charge in [-0.3, -0.25) is 4.79 Å². The fraction of sp³-hybridized carbons (Fsp3) is 0.263. The average molecular weight is 360 g/mol. The molecule has 1 amide bonds. The number of nitriles is 1. The fourth-order valence-corrected chi connectivity index (χ4v) is 2.43. The van der Waals surface area contributed by atoms with Crippen molar-refractivity contribution in [3.8, 4) is 11.8 Å². The van der Waals surface area contributed by atoms with Gasteiger partial charge in [0.2, 0.25) is 0 Å². The Hall–Kier alpha value is -2.98. The molecular weight excluding hydrogens is 342 g/mol. The van der Waals surface area contributed by atoms with E-state index < -0.39 is 12.5 Å². The Kier molecular flexibility index (Phi) is 7.06. The largest absolute Gasteiger partial charge is 0.434 e. The molecular formula is C19H18F2N2O3. The van der Waals surface area contributed by atoms with E-state index in [-0.39, 0.29) is 16.9 Å². The van der Waals surface area contributed by atoms with Gasteiger partial charge >= 0.3 is 6.61 Å². The molecule has 0 heterocycles. The molecule has 7 heteroatoms. The number of benzene rings is 2. The summed E-state index contributed by atoms with van der Waals surface area (Å²) in [6.07, 6.45) is 1.86. The summed E-state index contributed by atoms with van der Waals surface area (Å²) in [5.41, 5.74) is 0.0601. The summed E-state index contributed by atoms with van der Waals surface area (Å²) >= 11 is 0. The topological polar surface area (TPSA) is 71.3 Å². The summed E-state index contributed by atoms with van der Waals surface area (Å²) in [7, 11) is 1.55. The van der Waals surface area contributed by atoms with Crippen molar-refractivity contribution in [3.05, 3.63) is 47.5 Å². The van der Waals surface area contributed by atoms with E-state index in [1.807, 2.05) is 6.07 Å². The van der Waals surface area contributed by atoms with Crippen molar-refractivity contribution in [2.24, 2.45) is 0 Å². The molecule has 0 unspecified atom stereocenters. The van der Waals surface area contributed by atoms with Crippen LogP contribution in [0.15, 0.2) is 42.0 Å². The van der Waals surface area contributed by atoms with E-state index in [1.54, 1.807) is 37.4 Å². The molecule has 2 aromatic rings. The summed E-state index contributed by atoms with van der Waals surface area (Å²) in [5, 5.41) is 13.3. The van der Waals surface area contributed by atoms with Crippen LogP contribution in [0.4, 0.5) is 8.78 Å². The molecule has 0 saturated heterocycles. The van der Waals surface area contributed by atoms with Crippen molar-refractivity contribution in [2.45, 2.75) is 13.0 Å². The highest BCUT2D eigenvalue weighted by Gasteiger charge is 2.15. The maximum absolute atomic E-state index is 12.7. The van der Waals surface area contributed by atoms with Gasteiger partial charge in [-0.2, -0.15) is 14.0 Å². The highest BCUT2D eigenvalue weighted by Crippen LogP contribution is 2.31. The fourth-order valence-electron chi connectivity index (χ4n) is 2.43. The Bertz CT molecular complexity index is 844. The molecule has 0 spiro atoms. The molecule has 0 saturated carbocycles. The number of methoxy groups -OCH3 is 1. The second-order valence-corrected chi connectivity index (χ2v) is 5.35. The number of rotatable bonds is 8. The van der Waals surface area contributed by atoms with E-state index in [0.717, 1.165) is 5.39 Å². The molecule has 0 aliphatic rings. The number of amides is 1. The van der Waals surface area contributed by atoms with Gasteiger partial charge in [-0.25, -0.2) is 0 Å².